The molecule has 1 fully saturated rings. The van der Waals surface area contributed by atoms with Crippen molar-refractivity contribution in [3.63, 3.8) is 0 Å². The zero-order valence-corrected chi connectivity index (χ0v) is 13.4. The molecule has 1 aliphatic carbocycles. The summed E-state index contributed by atoms with van der Waals surface area (Å²) in [6, 6.07) is 8.59. The van der Waals surface area contributed by atoms with E-state index in [9.17, 15) is 0 Å². The van der Waals surface area contributed by atoms with Crippen LogP contribution in [-0.2, 0) is 6.54 Å². The molecule has 0 aromatic heterocycles. The molecule has 0 atom stereocenters. The predicted molar refractivity (Wildman–Crippen MR) is 80.6 cm³/mol. The molecule has 0 spiro atoms. The number of halogens is 2. The van der Waals surface area contributed by atoms with Gasteiger partial charge in [0.2, 0.25) is 0 Å². The van der Waals surface area contributed by atoms with Crippen LogP contribution in [0.25, 0.3) is 0 Å². The van der Waals surface area contributed by atoms with Gasteiger partial charge in [-0.3, -0.25) is 0 Å². The van der Waals surface area contributed by atoms with E-state index in [1.165, 1.54) is 35.8 Å². The van der Waals surface area contributed by atoms with Crippen molar-refractivity contribution in [2.75, 3.05) is 18.9 Å². The Labute approximate surface area is 121 Å². The van der Waals surface area contributed by atoms with Gasteiger partial charge in [-0.25, -0.2) is 0 Å². The third kappa shape index (κ3) is 3.55. The van der Waals surface area contributed by atoms with Crippen molar-refractivity contribution in [3.05, 3.63) is 34.3 Å². The van der Waals surface area contributed by atoms with Crippen molar-refractivity contribution in [2.24, 2.45) is 5.41 Å². The molecule has 0 unspecified atom stereocenters. The van der Waals surface area contributed by atoms with Gasteiger partial charge in [0.15, 0.2) is 0 Å². The maximum Gasteiger partial charge on any atom is 0.0231 e. The molecule has 17 heavy (non-hydrogen) atoms. The van der Waals surface area contributed by atoms with E-state index in [-0.39, 0.29) is 0 Å². The lowest BCUT2D eigenvalue weighted by molar-refractivity contribution is 0.102. The van der Waals surface area contributed by atoms with Crippen molar-refractivity contribution in [1.82, 2.24) is 4.90 Å². The third-order valence-corrected chi connectivity index (χ3v) is 5.33. The molecule has 0 amide bonds. The summed E-state index contributed by atoms with van der Waals surface area (Å²) in [6.07, 6.45) is 4.15. The van der Waals surface area contributed by atoms with E-state index in [1.807, 2.05) is 0 Å². The van der Waals surface area contributed by atoms with Gasteiger partial charge in [0.25, 0.3) is 0 Å². The molecule has 0 bridgehead atoms. The van der Waals surface area contributed by atoms with Crippen LogP contribution in [0.2, 0.25) is 0 Å². The highest BCUT2D eigenvalue weighted by molar-refractivity contribution is 9.10. The molecule has 3 heteroatoms. The summed E-state index contributed by atoms with van der Waals surface area (Å²) in [5, 5.41) is 1.14. The minimum atomic E-state index is 0.542. The highest BCUT2D eigenvalue weighted by atomic mass is 79.9. The van der Waals surface area contributed by atoms with Crippen LogP contribution in [-0.4, -0.2) is 23.8 Å². The normalized spacial score (nSPS) is 18.1. The van der Waals surface area contributed by atoms with Crippen LogP contribution in [0, 0.1) is 5.41 Å². The van der Waals surface area contributed by atoms with E-state index in [1.54, 1.807) is 0 Å². The molecule has 0 saturated heterocycles. The van der Waals surface area contributed by atoms with Gasteiger partial charge in [-0.05, 0) is 43.0 Å². The number of hydrogen-bond acceptors (Lipinski definition) is 1. The Kier molecular flexibility index (Phi) is 4.67. The third-order valence-electron chi connectivity index (χ3n) is 3.64. The predicted octanol–water partition coefficient (Wildman–Crippen LogP) is 4.45. The molecule has 0 N–H and O–H groups in total. The fourth-order valence-corrected chi connectivity index (χ4v) is 3.77. The zero-order chi connectivity index (χ0) is 12.3. The molecule has 1 aliphatic rings. The first-order valence-corrected chi connectivity index (χ1v) is 8.04. The summed E-state index contributed by atoms with van der Waals surface area (Å²) in [6.45, 7) is 2.24. The Hall–Kier alpha value is 0.140. The van der Waals surface area contributed by atoms with Crippen molar-refractivity contribution in [2.45, 2.75) is 25.8 Å². The van der Waals surface area contributed by atoms with Crippen LogP contribution in [0.5, 0.6) is 0 Å². The Morgan fingerprint density at radius 2 is 2.12 bits per heavy atom. The number of rotatable bonds is 5. The monoisotopic (exact) mass is 359 g/mol. The highest BCUT2D eigenvalue weighted by Crippen LogP contribution is 2.42. The van der Waals surface area contributed by atoms with Gasteiger partial charge in [0, 0.05) is 22.9 Å². The van der Waals surface area contributed by atoms with E-state index in [0.29, 0.717) is 5.41 Å². The molecule has 0 heterocycles. The van der Waals surface area contributed by atoms with Gasteiger partial charge in [0.1, 0.15) is 0 Å². The van der Waals surface area contributed by atoms with Gasteiger partial charge in [-0.2, -0.15) is 0 Å². The molecule has 1 aromatic rings. The molecule has 1 saturated carbocycles. The number of alkyl halides is 1. The van der Waals surface area contributed by atoms with E-state index < -0.39 is 0 Å². The van der Waals surface area contributed by atoms with Crippen LogP contribution in [0.4, 0.5) is 0 Å². The first kappa shape index (κ1) is 13.6. The van der Waals surface area contributed by atoms with Gasteiger partial charge < -0.3 is 4.90 Å². The molecule has 0 aliphatic heterocycles. The van der Waals surface area contributed by atoms with E-state index in [4.69, 9.17) is 0 Å². The first-order valence-electron chi connectivity index (χ1n) is 6.13. The van der Waals surface area contributed by atoms with Crippen LogP contribution in [0.15, 0.2) is 28.7 Å². The first-order chi connectivity index (χ1) is 8.13. The summed E-state index contributed by atoms with van der Waals surface area (Å²) in [7, 11) is 2.23. The Morgan fingerprint density at radius 1 is 1.35 bits per heavy atom. The summed E-state index contributed by atoms with van der Waals surface area (Å²) >= 11 is 7.20. The van der Waals surface area contributed by atoms with Crippen LogP contribution in [0.3, 0.4) is 0 Å². The lowest BCUT2D eigenvalue weighted by atomic mass is 9.70. The Morgan fingerprint density at radius 3 is 2.65 bits per heavy atom. The molecule has 1 aromatic carbocycles. The van der Waals surface area contributed by atoms with E-state index >= 15 is 0 Å². The van der Waals surface area contributed by atoms with Crippen molar-refractivity contribution in [3.8, 4) is 0 Å². The van der Waals surface area contributed by atoms with Crippen molar-refractivity contribution >= 4 is 31.9 Å². The summed E-state index contributed by atoms with van der Waals surface area (Å²) < 4.78 is 1.17. The second-order valence-electron chi connectivity index (χ2n) is 5.29. The zero-order valence-electron chi connectivity index (χ0n) is 10.3. The second kappa shape index (κ2) is 5.85. The van der Waals surface area contributed by atoms with Gasteiger partial charge in [0.05, 0.1) is 0 Å². The molecule has 0 radical (unpaired) electrons. The molecule has 2 rings (SSSR count). The molecule has 1 nitrogen and oxygen atoms in total. The quantitative estimate of drug-likeness (QED) is 0.701. The second-order valence-corrected chi connectivity index (χ2v) is 6.77. The maximum absolute atomic E-state index is 3.67. The molecule has 94 valence electrons. The smallest absolute Gasteiger partial charge is 0.0231 e. The average molecular weight is 361 g/mol. The van der Waals surface area contributed by atoms with Gasteiger partial charge in [-0.15, -0.1) is 0 Å². The van der Waals surface area contributed by atoms with Gasteiger partial charge in [-0.1, -0.05) is 50.4 Å². The van der Waals surface area contributed by atoms with Crippen LogP contribution < -0.4 is 0 Å². The Balaban J connectivity index is 1.90. The Bertz CT molecular complexity index is 369. The topological polar surface area (TPSA) is 3.24 Å². The standard InChI is InChI=1S/C14H19Br2N/c1-17(11-14(10-15)6-3-7-14)9-12-4-2-5-13(16)8-12/h2,4-5,8H,3,6-7,9-11H2,1H3. The largest absolute Gasteiger partial charge is 0.302 e. The summed E-state index contributed by atoms with van der Waals surface area (Å²) in [5.41, 5.74) is 1.92. The average Bonchev–Trinajstić information content (AvgIpc) is 2.23. The molecular weight excluding hydrogens is 342 g/mol. The summed E-state index contributed by atoms with van der Waals surface area (Å²) in [5.74, 6) is 0. The van der Waals surface area contributed by atoms with Crippen molar-refractivity contribution < 1.29 is 0 Å². The van der Waals surface area contributed by atoms with Crippen LogP contribution in [0.1, 0.15) is 24.8 Å². The van der Waals surface area contributed by atoms with E-state index in [0.717, 1.165) is 11.9 Å². The van der Waals surface area contributed by atoms with Crippen molar-refractivity contribution in [1.29, 1.82) is 0 Å². The fourth-order valence-electron chi connectivity index (χ4n) is 2.59. The van der Waals surface area contributed by atoms with E-state index in [2.05, 4.69) is 68.1 Å². The minimum absolute atomic E-state index is 0.542. The van der Waals surface area contributed by atoms with Gasteiger partial charge >= 0.3 is 0 Å². The minimum Gasteiger partial charge on any atom is -0.302 e. The number of benzene rings is 1. The lowest BCUT2D eigenvalue weighted by Crippen LogP contribution is -2.41. The highest BCUT2D eigenvalue weighted by Gasteiger charge is 2.36. The maximum atomic E-state index is 3.67. The summed E-state index contributed by atoms with van der Waals surface area (Å²) in [4.78, 5) is 2.45. The van der Waals surface area contributed by atoms with Crippen LogP contribution >= 0.6 is 31.9 Å². The number of hydrogen-bond donors (Lipinski definition) is 0. The number of nitrogens with zero attached hydrogens (tertiary/aromatic N) is 1. The SMILES string of the molecule is CN(Cc1cccc(Br)c1)CC1(CBr)CCC1. The fraction of sp³-hybridized carbons (Fsp3) is 0.571. The lowest BCUT2D eigenvalue weighted by Gasteiger charge is -2.43. The molecular formula is C14H19Br2N.